The maximum atomic E-state index is 15.1. The summed E-state index contributed by atoms with van der Waals surface area (Å²) in [5.74, 6) is -1.55. The summed E-state index contributed by atoms with van der Waals surface area (Å²) in [6.45, 7) is 2.63. The highest BCUT2D eigenvalue weighted by Crippen LogP contribution is 2.43. The maximum Gasteiger partial charge on any atom is 0.316 e. The minimum Gasteiger partial charge on any atom is -0.508 e. The summed E-state index contributed by atoms with van der Waals surface area (Å²) >= 11 is 0. The van der Waals surface area contributed by atoms with E-state index in [9.17, 15) is 13.9 Å². The van der Waals surface area contributed by atoms with Gasteiger partial charge in [0.15, 0.2) is 11.6 Å². The summed E-state index contributed by atoms with van der Waals surface area (Å²) in [6.07, 6.45) is 6.63. The summed E-state index contributed by atoms with van der Waals surface area (Å²) in [5, 5.41) is 14.8. The number of alkyl halides is 1. The number of phenols is 1. The van der Waals surface area contributed by atoms with Gasteiger partial charge in [0, 0.05) is 49.0 Å². The Kier molecular flexibility index (Phi) is 6.30. The molecular weight excluding hydrogens is 543 g/mol. The van der Waals surface area contributed by atoms with Crippen LogP contribution in [0.3, 0.4) is 0 Å². The number of hydrogen-bond donors (Lipinski definition) is 2. The van der Waals surface area contributed by atoms with Crippen molar-refractivity contribution in [1.82, 2.24) is 20.2 Å². The first-order valence-corrected chi connectivity index (χ1v) is 15.4. The van der Waals surface area contributed by atoms with Crippen molar-refractivity contribution in [1.29, 1.82) is 0 Å². The van der Waals surface area contributed by atoms with Crippen molar-refractivity contribution in [3.63, 3.8) is 0 Å². The van der Waals surface area contributed by atoms with Crippen molar-refractivity contribution >= 4 is 16.5 Å². The Labute approximate surface area is 243 Å². The second-order valence-electron chi connectivity index (χ2n) is 13.1. The third-order valence-electron chi connectivity index (χ3n) is 10.5. The van der Waals surface area contributed by atoms with E-state index >= 15 is 4.39 Å². The van der Waals surface area contributed by atoms with Gasteiger partial charge in [0.1, 0.15) is 18.5 Å². The zero-order chi connectivity index (χ0) is 28.6. The number of halogens is 3. The number of benzene rings is 2. The Morgan fingerprint density at radius 1 is 1.10 bits per heavy atom. The molecule has 2 N–H and O–H groups in total. The zero-order valence-corrected chi connectivity index (χ0v) is 23.6. The van der Waals surface area contributed by atoms with Crippen LogP contribution < -0.4 is 15.0 Å². The second-order valence-corrected chi connectivity index (χ2v) is 13.1. The Balaban J connectivity index is 1.16. The second kappa shape index (κ2) is 9.98. The van der Waals surface area contributed by atoms with Crippen molar-refractivity contribution in [3.8, 4) is 11.8 Å². The first-order chi connectivity index (χ1) is 20.3. The van der Waals surface area contributed by atoms with Crippen LogP contribution in [0.15, 0.2) is 24.3 Å². The number of nitrogens with one attached hydrogen (secondary N) is 1. The van der Waals surface area contributed by atoms with E-state index in [0.717, 1.165) is 55.2 Å². The molecule has 5 aliphatic heterocycles. The van der Waals surface area contributed by atoms with E-state index in [2.05, 4.69) is 10.2 Å². The number of nitrogens with zero attached hydrogens (tertiary/aromatic N) is 4. The molecule has 4 saturated heterocycles. The number of aromatic hydroxyl groups is 1. The third-order valence-corrected chi connectivity index (χ3v) is 10.5. The molecule has 6 heterocycles. The van der Waals surface area contributed by atoms with Gasteiger partial charge in [0.05, 0.1) is 29.2 Å². The average molecular weight is 580 g/mol. The summed E-state index contributed by atoms with van der Waals surface area (Å²) in [6, 6.07) is 6.83. The largest absolute Gasteiger partial charge is 0.508 e. The number of fused-ring (bicyclic) bond motifs is 5. The van der Waals surface area contributed by atoms with Crippen LogP contribution in [0.2, 0.25) is 0 Å². The van der Waals surface area contributed by atoms with Crippen molar-refractivity contribution in [2.45, 2.75) is 87.6 Å². The SMILES string of the molecule is Oc1cc(N2CCc3c(nc(OC[C@@]45CCCN4C[C@H](F)C5)nc3[C@H]3C[C@H]4CC[C@@H](C3)N4)C2)c2c(F)c(F)ccc2c1. The summed E-state index contributed by atoms with van der Waals surface area (Å²) in [7, 11) is 0. The van der Waals surface area contributed by atoms with E-state index in [1.807, 2.05) is 4.90 Å². The Bertz CT molecular complexity index is 1540. The maximum absolute atomic E-state index is 15.1. The van der Waals surface area contributed by atoms with Crippen LogP contribution in [-0.4, -0.2) is 70.0 Å². The number of ether oxygens (including phenoxy) is 1. The highest BCUT2D eigenvalue weighted by Gasteiger charge is 2.49. The van der Waals surface area contributed by atoms with Gasteiger partial charge in [0.2, 0.25) is 0 Å². The van der Waals surface area contributed by atoms with E-state index in [1.165, 1.54) is 31.0 Å². The fourth-order valence-corrected chi connectivity index (χ4v) is 8.58. The molecule has 0 unspecified atom stereocenters. The highest BCUT2D eigenvalue weighted by molar-refractivity contribution is 5.96. The van der Waals surface area contributed by atoms with E-state index in [-0.39, 0.29) is 16.7 Å². The van der Waals surface area contributed by atoms with E-state index in [0.29, 0.717) is 74.2 Å². The molecule has 222 valence electrons. The normalized spacial score (nSPS) is 30.6. The van der Waals surface area contributed by atoms with Crippen molar-refractivity contribution in [2.24, 2.45) is 0 Å². The number of hydrogen-bond acceptors (Lipinski definition) is 7. The lowest BCUT2D eigenvalue weighted by Crippen LogP contribution is -2.43. The van der Waals surface area contributed by atoms with Crippen LogP contribution in [0, 0.1) is 11.6 Å². The monoisotopic (exact) mass is 579 g/mol. The predicted molar refractivity (Wildman–Crippen MR) is 153 cm³/mol. The van der Waals surface area contributed by atoms with E-state index in [1.54, 1.807) is 0 Å². The third kappa shape index (κ3) is 4.40. The summed E-state index contributed by atoms with van der Waals surface area (Å²) in [5.41, 5.74) is 3.11. The minimum atomic E-state index is -0.922. The summed E-state index contributed by atoms with van der Waals surface area (Å²) < 4.78 is 50.2. The minimum absolute atomic E-state index is 0.00464. The lowest BCUT2D eigenvalue weighted by Gasteiger charge is -2.35. The molecule has 0 aliphatic carbocycles. The fraction of sp³-hybridized carbons (Fsp3) is 0.562. The predicted octanol–water partition coefficient (Wildman–Crippen LogP) is 5.13. The zero-order valence-electron chi connectivity index (χ0n) is 23.6. The van der Waals surface area contributed by atoms with Crippen molar-refractivity contribution < 1.29 is 23.0 Å². The van der Waals surface area contributed by atoms with Gasteiger partial charge in [-0.05, 0) is 74.6 Å². The molecular formula is C32H36F3N5O2. The van der Waals surface area contributed by atoms with Crippen LogP contribution in [0.1, 0.15) is 67.8 Å². The van der Waals surface area contributed by atoms with Gasteiger partial charge < -0.3 is 20.1 Å². The quantitative estimate of drug-likeness (QED) is 0.434. The van der Waals surface area contributed by atoms with Gasteiger partial charge in [-0.2, -0.15) is 9.97 Å². The van der Waals surface area contributed by atoms with Gasteiger partial charge in [0.25, 0.3) is 0 Å². The van der Waals surface area contributed by atoms with Crippen LogP contribution >= 0.6 is 0 Å². The Morgan fingerprint density at radius 2 is 1.93 bits per heavy atom. The number of rotatable bonds is 5. The molecule has 0 saturated carbocycles. The first kappa shape index (κ1) is 26.5. The molecule has 2 aromatic carbocycles. The molecule has 8 rings (SSSR count). The number of anilines is 1. The molecule has 10 heteroatoms. The number of phenolic OH excluding ortho intramolecular Hbond substituents is 1. The van der Waals surface area contributed by atoms with Crippen LogP contribution in [0.4, 0.5) is 18.9 Å². The molecule has 3 aromatic rings. The van der Waals surface area contributed by atoms with E-state index < -0.39 is 17.8 Å². The molecule has 7 nitrogen and oxygen atoms in total. The molecule has 1 aromatic heterocycles. The van der Waals surface area contributed by atoms with Crippen molar-refractivity contribution in [3.05, 3.63) is 52.9 Å². The molecule has 0 amide bonds. The van der Waals surface area contributed by atoms with E-state index in [4.69, 9.17) is 14.7 Å². The van der Waals surface area contributed by atoms with Crippen molar-refractivity contribution in [2.75, 3.05) is 31.1 Å². The first-order valence-electron chi connectivity index (χ1n) is 15.4. The molecule has 4 fully saturated rings. The van der Waals surface area contributed by atoms with Crippen LogP contribution in [-0.2, 0) is 13.0 Å². The Hall–Kier alpha value is -3.11. The molecule has 2 bridgehead atoms. The molecule has 42 heavy (non-hydrogen) atoms. The van der Waals surface area contributed by atoms with Gasteiger partial charge in [-0.15, -0.1) is 0 Å². The van der Waals surface area contributed by atoms with Gasteiger partial charge >= 0.3 is 6.01 Å². The fourth-order valence-electron chi connectivity index (χ4n) is 8.58. The van der Waals surface area contributed by atoms with Crippen LogP contribution in [0.25, 0.3) is 10.8 Å². The smallest absolute Gasteiger partial charge is 0.316 e. The number of aromatic nitrogens is 2. The molecule has 0 spiro atoms. The van der Waals surface area contributed by atoms with Gasteiger partial charge in [-0.1, -0.05) is 6.07 Å². The standard InChI is InChI=1S/C32H36F3N5O2/c33-20-14-32(7-1-8-40(32)15-20)17-42-31-37-26-16-39(27-13-23(41)12-18-2-5-25(34)29(35)28(18)27)9-6-24(26)30(38-31)19-10-21-3-4-22(11-19)36-21/h2,5,12-13,19-22,36,41H,1,3-4,6-11,14-17H2/t19-,20-,21+,22-,32+/m1/s1. The summed E-state index contributed by atoms with van der Waals surface area (Å²) in [4.78, 5) is 14.1. The Morgan fingerprint density at radius 3 is 2.76 bits per heavy atom. The lowest BCUT2D eigenvalue weighted by atomic mass is 9.85. The van der Waals surface area contributed by atoms with Gasteiger partial charge in [-0.25, -0.2) is 13.2 Å². The lowest BCUT2D eigenvalue weighted by molar-refractivity contribution is 0.106. The molecule has 5 aliphatic rings. The topological polar surface area (TPSA) is 73.8 Å². The highest BCUT2D eigenvalue weighted by atomic mass is 19.2. The molecule has 5 atom stereocenters. The number of piperidine rings is 1. The van der Waals surface area contributed by atoms with Gasteiger partial charge in [-0.3, -0.25) is 4.90 Å². The molecule has 0 radical (unpaired) electrons. The van der Waals surface area contributed by atoms with Crippen LogP contribution in [0.5, 0.6) is 11.8 Å². The average Bonchev–Trinajstić information content (AvgIpc) is 3.63.